The lowest BCUT2D eigenvalue weighted by Crippen LogP contribution is -2.45. The first-order valence-electron chi connectivity index (χ1n) is 8.84. The van der Waals surface area contributed by atoms with Crippen molar-refractivity contribution in [2.45, 2.75) is 12.6 Å². The van der Waals surface area contributed by atoms with Gasteiger partial charge in [-0.1, -0.05) is 12.1 Å². The molecule has 5 nitrogen and oxygen atoms in total. The van der Waals surface area contributed by atoms with E-state index in [1.807, 2.05) is 0 Å². The Morgan fingerprint density at radius 2 is 1.78 bits per heavy atom. The lowest BCUT2D eigenvalue weighted by Gasteiger charge is -2.32. The molecule has 1 aliphatic heterocycles. The van der Waals surface area contributed by atoms with E-state index in [1.54, 1.807) is 0 Å². The van der Waals surface area contributed by atoms with Gasteiger partial charge in [0.05, 0.1) is 11.1 Å². The van der Waals surface area contributed by atoms with Gasteiger partial charge in [-0.25, -0.2) is 0 Å². The number of H-pyrrole nitrogens is 1. The largest absolute Gasteiger partial charge is 0.416 e. The van der Waals surface area contributed by atoms with Crippen molar-refractivity contribution in [2.75, 3.05) is 39.8 Å². The molecule has 1 aromatic carbocycles. The molecular weight excluding hydrogens is 357 g/mol. The van der Waals surface area contributed by atoms with E-state index < -0.39 is 17.6 Å². The van der Waals surface area contributed by atoms with Crippen LogP contribution in [0, 0.1) is 0 Å². The van der Waals surface area contributed by atoms with Gasteiger partial charge < -0.3 is 20.5 Å². The quantitative estimate of drug-likeness (QED) is 0.838. The SMILES string of the molecule is CN1CCN(CCc2c(C(N)=O)c[nH]c2-c2ccc(C(F)(F)F)cc2)CC1. The zero-order chi connectivity index (χ0) is 19.6. The lowest BCUT2D eigenvalue weighted by molar-refractivity contribution is -0.137. The highest BCUT2D eigenvalue weighted by Gasteiger charge is 2.30. The Kier molecular flexibility index (Phi) is 5.57. The summed E-state index contributed by atoms with van der Waals surface area (Å²) in [4.78, 5) is 19.4. The molecule has 1 fully saturated rings. The molecule has 3 rings (SSSR count). The Bertz CT molecular complexity index is 790. The summed E-state index contributed by atoms with van der Waals surface area (Å²) in [5.41, 5.74) is 7.17. The van der Waals surface area contributed by atoms with Crippen molar-refractivity contribution in [1.29, 1.82) is 0 Å². The molecule has 27 heavy (non-hydrogen) atoms. The van der Waals surface area contributed by atoms with E-state index in [1.165, 1.54) is 18.3 Å². The number of alkyl halides is 3. The molecule has 2 aromatic rings. The summed E-state index contributed by atoms with van der Waals surface area (Å²) in [5.74, 6) is -0.544. The Balaban J connectivity index is 1.82. The minimum absolute atomic E-state index is 0.388. The molecule has 1 aromatic heterocycles. The number of nitrogens with zero attached hydrogens (tertiary/aromatic N) is 2. The maximum atomic E-state index is 12.8. The molecule has 0 saturated carbocycles. The normalized spacial score (nSPS) is 16.6. The Morgan fingerprint density at radius 1 is 1.15 bits per heavy atom. The average Bonchev–Trinajstić information content (AvgIpc) is 3.05. The number of carbonyl (C=O) groups is 1. The maximum absolute atomic E-state index is 12.8. The first-order valence-corrected chi connectivity index (χ1v) is 8.84. The Labute approximate surface area is 155 Å². The number of nitrogens with one attached hydrogen (secondary N) is 1. The molecule has 0 spiro atoms. The molecule has 0 bridgehead atoms. The fourth-order valence-corrected chi connectivity index (χ4v) is 3.36. The molecule has 3 N–H and O–H groups in total. The summed E-state index contributed by atoms with van der Waals surface area (Å²) in [5, 5.41) is 0. The Hall–Kier alpha value is -2.32. The molecule has 2 heterocycles. The van der Waals surface area contributed by atoms with Crippen LogP contribution < -0.4 is 5.73 Å². The maximum Gasteiger partial charge on any atom is 0.416 e. The number of primary amides is 1. The molecule has 1 amide bonds. The summed E-state index contributed by atoms with van der Waals surface area (Å²) in [7, 11) is 2.08. The highest BCUT2D eigenvalue weighted by molar-refractivity contribution is 5.96. The van der Waals surface area contributed by atoms with Crippen molar-refractivity contribution in [2.24, 2.45) is 5.73 Å². The fraction of sp³-hybridized carbons (Fsp3) is 0.421. The third-order valence-electron chi connectivity index (χ3n) is 5.03. The van der Waals surface area contributed by atoms with Gasteiger partial charge in [0.1, 0.15) is 0 Å². The molecule has 8 heteroatoms. The van der Waals surface area contributed by atoms with Crippen molar-refractivity contribution < 1.29 is 18.0 Å². The van der Waals surface area contributed by atoms with E-state index in [2.05, 4.69) is 21.8 Å². The van der Waals surface area contributed by atoms with Crippen LogP contribution in [0.2, 0.25) is 0 Å². The number of aromatic nitrogens is 1. The molecule has 0 unspecified atom stereocenters. The van der Waals surface area contributed by atoms with E-state index in [9.17, 15) is 18.0 Å². The number of benzene rings is 1. The van der Waals surface area contributed by atoms with E-state index in [0.29, 0.717) is 23.2 Å². The van der Waals surface area contributed by atoms with E-state index >= 15 is 0 Å². The first-order chi connectivity index (χ1) is 12.8. The summed E-state index contributed by atoms with van der Waals surface area (Å²) in [6.45, 7) is 4.63. The molecule has 0 radical (unpaired) electrons. The molecule has 0 atom stereocenters. The standard InChI is InChI=1S/C19H23F3N4O/c1-25-8-10-26(11-9-25)7-6-15-16(18(23)27)12-24-17(15)13-2-4-14(5-3-13)19(20,21)22/h2-5,12,24H,6-11H2,1H3,(H2,23,27). The van der Waals surface area contributed by atoms with Crippen LogP contribution in [0.5, 0.6) is 0 Å². The van der Waals surface area contributed by atoms with Gasteiger partial charge in [0.2, 0.25) is 0 Å². The van der Waals surface area contributed by atoms with Crippen LogP contribution in [-0.4, -0.2) is 60.5 Å². The predicted octanol–water partition coefficient (Wildman–Crippen LogP) is 2.59. The molecular formula is C19H23F3N4O. The minimum atomic E-state index is -4.38. The van der Waals surface area contributed by atoms with Crippen LogP contribution in [0.3, 0.4) is 0 Å². The summed E-state index contributed by atoms with van der Waals surface area (Å²) >= 11 is 0. The molecule has 1 saturated heterocycles. The zero-order valence-electron chi connectivity index (χ0n) is 15.1. The zero-order valence-corrected chi connectivity index (χ0v) is 15.1. The van der Waals surface area contributed by atoms with Crippen molar-refractivity contribution in [3.8, 4) is 11.3 Å². The number of amides is 1. The van der Waals surface area contributed by atoms with Crippen molar-refractivity contribution >= 4 is 5.91 Å². The number of hydrogen-bond acceptors (Lipinski definition) is 3. The fourth-order valence-electron chi connectivity index (χ4n) is 3.36. The number of likely N-dealkylation sites (N-methyl/N-ethyl adjacent to an activating group) is 1. The third-order valence-corrected chi connectivity index (χ3v) is 5.03. The second kappa shape index (κ2) is 7.74. The number of carbonyl (C=O) groups excluding carboxylic acids is 1. The minimum Gasteiger partial charge on any atom is -0.366 e. The van der Waals surface area contributed by atoms with Gasteiger partial charge in [-0.15, -0.1) is 0 Å². The number of rotatable bonds is 5. The van der Waals surface area contributed by atoms with Crippen LogP contribution in [-0.2, 0) is 12.6 Å². The first kappa shape index (κ1) is 19.4. The number of hydrogen-bond donors (Lipinski definition) is 2. The second-order valence-corrected chi connectivity index (χ2v) is 6.89. The van der Waals surface area contributed by atoms with Gasteiger partial charge in [-0.3, -0.25) is 4.79 Å². The van der Waals surface area contributed by atoms with Gasteiger partial charge in [-0.05, 0) is 36.7 Å². The van der Waals surface area contributed by atoms with Crippen LogP contribution in [0.1, 0.15) is 21.5 Å². The average molecular weight is 380 g/mol. The van der Waals surface area contributed by atoms with Gasteiger partial charge >= 0.3 is 6.18 Å². The summed E-state index contributed by atoms with van der Waals surface area (Å²) in [6.07, 6.45) is -2.24. The van der Waals surface area contributed by atoms with Crippen LogP contribution >= 0.6 is 0 Å². The summed E-state index contributed by atoms with van der Waals surface area (Å²) in [6, 6.07) is 4.92. The third kappa shape index (κ3) is 4.51. The second-order valence-electron chi connectivity index (χ2n) is 6.89. The highest BCUT2D eigenvalue weighted by atomic mass is 19.4. The van der Waals surface area contributed by atoms with Gasteiger partial charge in [0.25, 0.3) is 5.91 Å². The monoisotopic (exact) mass is 380 g/mol. The van der Waals surface area contributed by atoms with Crippen LogP contribution in [0.25, 0.3) is 11.3 Å². The van der Waals surface area contributed by atoms with Crippen molar-refractivity contribution in [1.82, 2.24) is 14.8 Å². The van der Waals surface area contributed by atoms with Gasteiger partial charge in [0, 0.05) is 44.6 Å². The van der Waals surface area contributed by atoms with E-state index in [4.69, 9.17) is 5.73 Å². The van der Waals surface area contributed by atoms with E-state index in [0.717, 1.165) is 50.4 Å². The predicted molar refractivity (Wildman–Crippen MR) is 97.4 cm³/mol. The molecule has 1 aliphatic rings. The van der Waals surface area contributed by atoms with Crippen molar-refractivity contribution in [3.63, 3.8) is 0 Å². The van der Waals surface area contributed by atoms with Crippen molar-refractivity contribution in [3.05, 3.63) is 47.2 Å². The van der Waals surface area contributed by atoms with Gasteiger partial charge in [-0.2, -0.15) is 13.2 Å². The smallest absolute Gasteiger partial charge is 0.366 e. The Morgan fingerprint density at radius 3 is 2.33 bits per heavy atom. The van der Waals surface area contributed by atoms with Crippen LogP contribution in [0.4, 0.5) is 13.2 Å². The molecule has 146 valence electrons. The number of nitrogens with two attached hydrogens (primary N) is 1. The van der Waals surface area contributed by atoms with Crippen LogP contribution in [0.15, 0.2) is 30.5 Å². The molecule has 0 aliphatic carbocycles. The van der Waals surface area contributed by atoms with Gasteiger partial charge in [0.15, 0.2) is 0 Å². The number of halogens is 3. The number of aromatic amines is 1. The van der Waals surface area contributed by atoms with E-state index in [-0.39, 0.29) is 0 Å². The topological polar surface area (TPSA) is 65.4 Å². The lowest BCUT2D eigenvalue weighted by atomic mass is 10.0. The highest BCUT2D eigenvalue weighted by Crippen LogP contribution is 2.32. The summed E-state index contributed by atoms with van der Waals surface area (Å²) < 4.78 is 38.4. The number of piperazine rings is 1.